The summed E-state index contributed by atoms with van der Waals surface area (Å²) < 4.78 is 29.2. The van der Waals surface area contributed by atoms with Crippen LogP contribution in [0.1, 0.15) is 55.7 Å². The van der Waals surface area contributed by atoms with Crippen molar-refractivity contribution in [3.63, 3.8) is 0 Å². The van der Waals surface area contributed by atoms with Gasteiger partial charge in [-0.15, -0.1) is 0 Å². The SMILES string of the molecule is CC[C@H](C(=O)NC1CCCC1)N(Cc1ccccc1)C(=O)CN(c1cc(C)ccc1C)S(=O)(=O)c1ccccc1. The molecule has 0 unspecified atom stereocenters. The number of nitrogens with zero attached hydrogens (tertiary/aromatic N) is 2. The zero-order valence-electron chi connectivity index (χ0n) is 23.5. The Bertz CT molecular complexity index is 1400. The summed E-state index contributed by atoms with van der Waals surface area (Å²) in [5.41, 5.74) is 2.93. The first kappa shape index (κ1) is 29.3. The number of anilines is 1. The molecule has 0 heterocycles. The fourth-order valence-electron chi connectivity index (χ4n) is 5.29. The second-order valence-corrected chi connectivity index (χ2v) is 12.4. The molecule has 2 amide bonds. The predicted molar refractivity (Wildman–Crippen MR) is 158 cm³/mol. The van der Waals surface area contributed by atoms with Crippen molar-refractivity contribution in [3.05, 3.63) is 95.6 Å². The van der Waals surface area contributed by atoms with Gasteiger partial charge in [-0.05, 0) is 68.0 Å². The second kappa shape index (κ2) is 13.1. The van der Waals surface area contributed by atoms with Gasteiger partial charge in [-0.1, -0.05) is 80.4 Å². The highest BCUT2D eigenvalue weighted by Gasteiger charge is 2.35. The van der Waals surface area contributed by atoms with Gasteiger partial charge in [0, 0.05) is 12.6 Å². The van der Waals surface area contributed by atoms with Gasteiger partial charge in [0.15, 0.2) is 0 Å². The van der Waals surface area contributed by atoms with Crippen LogP contribution in [-0.2, 0) is 26.2 Å². The largest absolute Gasteiger partial charge is 0.352 e. The third-order valence-electron chi connectivity index (χ3n) is 7.53. The molecule has 7 nitrogen and oxygen atoms in total. The smallest absolute Gasteiger partial charge is 0.264 e. The molecule has 1 N–H and O–H groups in total. The van der Waals surface area contributed by atoms with Gasteiger partial charge in [0.05, 0.1) is 10.6 Å². The van der Waals surface area contributed by atoms with Crippen molar-refractivity contribution in [1.29, 1.82) is 0 Å². The fraction of sp³-hybridized carbons (Fsp3) is 0.375. The van der Waals surface area contributed by atoms with Crippen LogP contribution in [0.25, 0.3) is 0 Å². The average molecular weight is 562 g/mol. The van der Waals surface area contributed by atoms with Gasteiger partial charge < -0.3 is 10.2 Å². The lowest BCUT2D eigenvalue weighted by Crippen LogP contribution is -2.53. The van der Waals surface area contributed by atoms with Crippen molar-refractivity contribution in [2.24, 2.45) is 0 Å². The molecule has 1 aliphatic rings. The number of carbonyl (C=O) groups excluding carboxylic acids is 2. The van der Waals surface area contributed by atoms with Crippen molar-refractivity contribution in [3.8, 4) is 0 Å². The molecular formula is C32H39N3O4S. The number of hydrogen-bond acceptors (Lipinski definition) is 4. The van der Waals surface area contributed by atoms with Crippen LogP contribution in [0.3, 0.4) is 0 Å². The molecular weight excluding hydrogens is 522 g/mol. The summed E-state index contributed by atoms with van der Waals surface area (Å²) >= 11 is 0. The maximum absolute atomic E-state index is 14.2. The molecule has 8 heteroatoms. The Morgan fingerprint density at radius 3 is 2.17 bits per heavy atom. The van der Waals surface area contributed by atoms with Gasteiger partial charge >= 0.3 is 0 Å². The lowest BCUT2D eigenvalue weighted by Gasteiger charge is -2.34. The van der Waals surface area contributed by atoms with Crippen LogP contribution in [0.2, 0.25) is 0 Å². The van der Waals surface area contributed by atoms with Crippen LogP contribution in [0.15, 0.2) is 83.8 Å². The summed E-state index contributed by atoms with van der Waals surface area (Å²) in [5.74, 6) is -0.624. The lowest BCUT2D eigenvalue weighted by atomic mass is 10.1. The summed E-state index contributed by atoms with van der Waals surface area (Å²) in [6.07, 6.45) is 4.44. The van der Waals surface area contributed by atoms with Gasteiger partial charge in [-0.25, -0.2) is 8.42 Å². The van der Waals surface area contributed by atoms with Crippen molar-refractivity contribution in [2.45, 2.75) is 76.4 Å². The summed E-state index contributed by atoms with van der Waals surface area (Å²) in [5, 5.41) is 3.14. The predicted octanol–water partition coefficient (Wildman–Crippen LogP) is 5.36. The van der Waals surface area contributed by atoms with Crippen molar-refractivity contribution >= 4 is 27.5 Å². The number of nitrogens with one attached hydrogen (secondary N) is 1. The van der Waals surface area contributed by atoms with Gasteiger partial charge in [-0.2, -0.15) is 0 Å². The number of rotatable bonds is 11. The van der Waals surface area contributed by atoms with E-state index in [1.165, 1.54) is 21.3 Å². The Kier molecular flexibility index (Phi) is 9.63. The van der Waals surface area contributed by atoms with Crippen LogP contribution in [0, 0.1) is 13.8 Å². The van der Waals surface area contributed by atoms with Crippen LogP contribution in [0.4, 0.5) is 5.69 Å². The third-order valence-corrected chi connectivity index (χ3v) is 9.30. The van der Waals surface area contributed by atoms with Gasteiger partial charge in [0.25, 0.3) is 10.0 Å². The normalized spacial score (nSPS) is 14.5. The molecule has 1 aliphatic carbocycles. The molecule has 3 aromatic carbocycles. The molecule has 0 aromatic heterocycles. The summed E-state index contributed by atoms with van der Waals surface area (Å²) in [6, 6.07) is 22.6. The van der Waals surface area contributed by atoms with E-state index in [2.05, 4.69) is 5.32 Å². The molecule has 3 aromatic rings. The zero-order valence-corrected chi connectivity index (χ0v) is 24.4. The minimum Gasteiger partial charge on any atom is -0.352 e. The van der Waals surface area contributed by atoms with Crippen LogP contribution in [0.5, 0.6) is 0 Å². The van der Waals surface area contributed by atoms with E-state index in [4.69, 9.17) is 0 Å². The summed E-state index contributed by atoms with van der Waals surface area (Å²) in [6.45, 7) is 5.37. The van der Waals surface area contributed by atoms with Gasteiger partial charge in [-0.3, -0.25) is 13.9 Å². The third kappa shape index (κ3) is 6.91. The zero-order chi connectivity index (χ0) is 28.7. The van der Waals surface area contributed by atoms with E-state index in [-0.39, 0.29) is 23.4 Å². The molecule has 0 spiro atoms. The molecule has 0 aliphatic heterocycles. The number of amides is 2. The Morgan fingerprint density at radius 2 is 1.55 bits per heavy atom. The maximum atomic E-state index is 14.2. The quantitative estimate of drug-likeness (QED) is 0.341. The highest BCUT2D eigenvalue weighted by Crippen LogP contribution is 2.29. The topological polar surface area (TPSA) is 86.8 Å². The fourth-order valence-corrected chi connectivity index (χ4v) is 6.78. The first-order chi connectivity index (χ1) is 19.2. The molecule has 40 heavy (non-hydrogen) atoms. The van der Waals surface area contributed by atoms with Crippen molar-refractivity contribution < 1.29 is 18.0 Å². The minimum absolute atomic E-state index is 0.101. The Morgan fingerprint density at radius 1 is 0.925 bits per heavy atom. The molecule has 4 rings (SSSR count). The molecule has 212 valence electrons. The highest BCUT2D eigenvalue weighted by molar-refractivity contribution is 7.92. The van der Waals surface area contributed by atoms with E-state index in [1.807, 2.05) is 63.2 Å². The van der Waals surface area contributed by atoms with Crippen molar-refractivity contribution in [1.82, 2.24) is 10.2 Å². The maximum Gasteiger partial charge on any atom is 0.264 e. The van der Waals surface area contributed by atoms with E-state index >= 15 is 0 Å². The first-order valence-corrected chi connectivity index (χ1v) is 15.4. The number of aryl methyl sites for hydroxylation is 2. The summed E-state index contributed by atoms with van der Waals surface area (Å²) in [4.78, 5) is 29.3. The molecule has 1 saturated carbocycles. The number of hydrogen-bond donors (Lipinski definition) is 1. The lowest BCUT2D eigenvalue weighted by molar-refractivity contribution is -0.140. The van der Waals surface area contributed by atoms with E-state index in [1.54, 1.807) is 24.3 Å². The molecule has 0 saturated heterocycles. The van der Waals surface area contributed by atoms with E-state index < -0.39 is 28.5 Å². The monoisotopic (exact) mass is 561 g/mol. The molecule has 1 fully saturated rings. The second-order valence-electron chi connectivity index (χ2n) is 10.5. The first-order valence-electron chi connectivity index (χ1n) is 14.0. The average Bonchev–Trinajstić information content (AvgIpc) is 3.47. The Hall–Kier alpha value is -3.65. The van der Waals surface area contributed by atoms with E-state index in [9.17, 15) is 18.0 Å². The van der Waals surface area contributed by atoms with Crippen LogP contribution >= 0.6 is 0 Å². The Balaban J connectivity index is 1.72. The van der Waals surface area contributed by atoms with Crippen molar-refractivity contribution in [2.75, 3.05) is 10.8 Å². The molecule has 1 atom stereocenters. The minimum atomic E-state index is -4.08. The van der Waals surface area contributed by atoms with Gasteiger partial charge in [0.2, 0.25) is 11.8 Å². The number of carbonyl (C=O) groups is 2. The standard InChI is InChI=1S/C32H39N3O4S/c1-4-29(32(37)33-27-15-11-12-16-27)34(22-26-13-7-5-8-14-26)31(36)23-35(30-21-24(2)19-20-25(30)3)40(38,39)28-17-9-6-10-18-28/h5-10,13-14,17-21,27,29H,4,11-12,15-16,22-23H2,1-3H3,(H,33,37)/t29-/m1/s1. The van der Waals surface area contributed by atoms with E-state index in [0.717, 1.165) is 42.4 Å². The van der Waals surface area contributed by atoms with Crippen LogP contribution < -0.4 is 9.62 Å². The Labute approximate surface area is 238 Å². The molecule has 0 bridgehead atoms. The van der Waals surface area contributed by atoms with Gasteiger partial charge in [0.1, 0.15) is 12.6 Å². The van der Waals surface area contributed by atoms with Crippen LogP contribution in [-0.4, -0.2) is 43.8 Å². The number of sulfonamides is 1. The summed E-state index contributed by atoms with van der Waals surface area (Å²) in [7, 11) is -4.08. The highest BCUT2D eigenvalue weighted by atomic mass is 32.2. The van der Waals surface area contributed by atoms with E-state index in [0.29, 0.717) is 12.1 Å². The number of benzene rings is 3. The molecule has 0 radical (unpaired) electrons.